The van der Waals surface area contributed by atoms with E-state index >= 15 is 0 Å². The summed E-state index contributed by atoms with van der Waals surface area (Å²) in [6.07, 6.45) is 7.79. The summed E-state index contributed by atoms with van der Waals surface area (Å²) >= 11 is 5.21. The van der Waals surface area contributed by atoms with E-state index in [0.29, 0.717) is 18.1 Å². The fourth-order valence-corrected chi connectivity index (χ4v) is 4.84. The Morgan fingerprint density at radius 2 is 1.61 bits per heavy atom. The maximum atomic E-state index is 13.8. The molecule has 0 radical (unpaired) electrons. The Kier molecular flexibility index (Phi) is 7.21. The van der Waals surface area contributed by atoms with Gasteiger partial charge in [0.05, 0.1) is 5.69 Å². The Bertz CT molecular complexity index is 1000. The third kappa shape index (κ3) is 5.66. The van der Waals surface area contributed by atoms with Gasteiger partial charge < -0.3 is 20.9 Å². The van der Waals surface area contributed by atoms with Crippen LogP contribution < -0.4 is 20.9 Å². The molecule has 1 aromatic carbocycles. The molecule has 0 amide bonds. The molecule has 6 nitrogen and oxygen atoms in total. The zero-order chi connectivity index (χ0) is 23.5. The van der Waals surface area contributed by atoms with Crippen molar-refractivity contribution in [3.8, 4) is 0 Å². The van der Waals surface area contributed by atoms with Gasteiger partial charge >= 0.3 is 0 Å². The first kappa shape index (κ1) is 23.5. The monoisotopic (exact) mass is 478 g/mol. The van der Waals surface area contributed by atoms with Crippen molar-refractivity contribution in [2.45, 2.75) is 63.5 Å². The van der Waals surface area contributed by atoms with E-state index in [2.05, 4.69) is 20.9 Å². The number of nitrogens with zero attached hydrogens (tertiary/aromatic N) is 3. The highest BCUT2D eigenvalue weighted by molar-refractivity contribution is 7.80. The topological polar surface area (TPSA) is 65.1 Å². The second-order valence-corrected chi connectivity index (χ2v) is 9.34. The zero-order valence-electron chi connectivity index (χ0n) is 18.9. The molecule has 178 valence electrons. The van der Waals surface area contributed by atoms with Gasteiger partial charge in [-0.05, 0) is 63.6 Å². The first-order valence-electron chi connectivity index (χ1n) is 11.4. The minimum absolute atomic E-state index is 0.0800. The van der Waals surface area contributed by atoms with Crippen molar-refractivity contribution < 1.29 is 13.2 Å². The lowest BCUT2D eigenvalue weighted by atomic mass is 9.91. The molecule has 1 heterocycles. The Morgan fingerprint density at radius 1 is 0.970 bits per heavy atom. The smallest absolute Gasteiger partial charge is 0.225 e. The molecule has 0 atom stereocenters. The van der Waals surface area contributed by atoms with Gasteiger partial charge in [-0.15, -0.1) is 0 Å². The zero-order valence-corrected chi connectivity index (χ0v) is 19.7. The van der Waals surface area contributed by atoms with Crippen LogP contribution in [0, 0.1) is 17.5 Å². The molecule has 4 rings (SSSR count). The first-order chi connectivity index (χ1) is 15.8. The first-order valence-corrected chi connectivity index (χ1v) is 11.8. The number of anilines is 3. The number of fused-ring (bicyclic) bond motifs is 1. The molecular weight excluding hydrogens is 449 g/mol. The lowest BCUT2D eigenvalue weighted by Crippen LogP contribution is -2.42. The molecular formula is C23H29F3N6S. The van der Waals surface area contributed by atoms with Gasteiger partial charge in [0, 0.05) is 43.9 Å². The van der Waals surface area contributed by atoms with Crippen molar-refractivity contribution >= 4 is 34.8 Å². The fourth-order valence-electron chi connectivity index (χ4n) is 4.57. The van der Waals surface area contributed by atoms with E-state index in [-0.39, 0.29) is 17.2 Å². The third-order valence-electron chi connectivity index (χ3n) is 6.23. The molecule has 3 N–H and O–H groups in total. The molecule has 0 saturated heterocycles. The largest absolute Gasteiger partial charge is 0.362 e. The molecule has 0 spiro atoms. The van der Waals surface area contributed by atoms with E-state index in [9.17, 15) is 13.2 Å². The summed E-state index contributed by atoms with van der Waals surface area (Å²) in [5, 5.41) is 9.24. The van der Waals surface area contributed by atoms with Gasteiger partial charge in [-0.3, -0.25) is 0 Å². The summed E-state index contributed by atoms with van der Waals surface area (Å²) in [6, 6.07) is 1.56. The van der Waals surface area contributed by atoms with Crippen LogP contribution in [-0.2, 0) is 12.8 Å². The number of thiocarbonyl (C=S) groups is 1. The Balaban J connectivity index is 1.31. The number of nitrogens with one attached hydrogen (secondary N) is 3. The molecule has 1 aromatic heterocycles. The number of benzene rings is 1. The second kappa shape index (κ2) is 10.1. The van der Waals surface area contributed by atoms with Crippen LogP contribution in [-0.4, -0.2) is 41.3 Å². The standard InChI is InChI=1S/C23H29F3N6S/c1-32(2)21-16-5-3-4-6-19(16)29-22(31-21)27-14-7-9-15(10-8-14)28-23(33)30-20-17(25)11-13(24)12-18(20)26/h11-12,14-15H,3-10H2,1-2H3,(H,27,29,31)(H2,28,30,33)/t14-,15+. The van der Waals surface area contributed by atoms with Gasteiger partial charge in [-0.25, -0.2) is 18.2 Å². The molecule has 33 heavy (non-hydrogen) atoms. The molecule has 1 fully saturated rings. The molecule has 0 unspecified atom stereocenters. The minimum atomic E-state index is -1.02. The van der Waals surface area contributed by atoms with E-state index in [1.54, 1.807) is 0 Å². The lowest BCUT2D eigenvalue weighted by molar-refractivity contribution is 0.387. The quantitative estimate of drug-likeness (QED) is 0.545. The van der Waals surface area contributed by atoms with Gasteiger partial charge in [0.25, 0.3) is 0 Å². The van der Waals surface area contributed by atoms with Crippen LogP contribution in [0.5, 0.6) is 0 Å². The summed E-state index contributed by atoms with van der Waals surface area (Å²) in [5.41, 5.74) is 1.96. The van der Waals surface area contributed by atoms with E-state index in [4.69, 9.17) is 22.2 Å². The molecule has 2 aliphatic carbocycles. The number of aromatic nitrogens is 2. The molecule has 2 aliphatic rings. The average molecular weight is 479 g/mol. The third-order valence-corrected chi connectivity index (χ3v) is 6.45. The van der Waals surface area contributed by atoms with E-state index in [0.717, 1.165) is 56.5 Å². The number of rotatable bonds is 5. The normalized spacial score (nSPS) is 20.0. The lowest BCUT2D eigenvalue weighted by Gasteiger charge is -2.31. The summed E-state index contributed by atoms with van der Waals surface area (Å²) in [6.45, 7) is 0. The Hall–Kier alpha value is -2.62. The average Bonchev–Trinajstić information content (AvgIpc) is 2.77. The SMILES string of the molecule is CN(C)c1nc(N[C@H]2CC[C@@H](NC(=S)Nc3c(F)cc(F)cc3F)CC2)nc2c1CCCC2. The van der Waals surface area contributed by atoms with Crippen LogP contribution in [0.25, 0.3) is 0 Å². The predicted molar refractivity (Wildman–Crippen MR) is 128 cm³/mol. The minimum Gasteiger partial charge on any atom is -0.362 e. The van der Waals surface area contributed by atoms with Gasteiger partial charge in [-0.2, -0.15) is 4.98 Å². The number of hydrogen-bond acceptors (Lipinski definition) is 5. The molecule has 10 heteroatoms. The van der Waals surface area contributed by atoms with Crippen LogP contribution in [0.1, 0.15) is 49.8 Å². The van der Waals surface area contributed by atoms with Crippen molar-refractivity contribution in [3.05, 3.63) is 40.8 Å². The van der Waals surface area contributed by atoms with Crippen molar-refractivity contribution in [1.29, 1.82) is 0 Å². The highest BCUT2D eigenvalue weighted by Crippen LogP contribution is 2.29. The maximum absolute atomic E-state index is 13.8. The van der Waals surface area contributed by atoms with Crippen molar-refractivity contribution in [1.82, 2.24) is 15.3 Å². The van der Waals surface area contributed by atoms with Crippen molar-refractivity contribution in [2.24, 2.45) is 0 Å². The van der Waals surface area contributed by atoms with E-state index in [1.807, 2.05) is 14.1 Å². The van der Waals surface area contributed by atoms with Gasteiger partial charge in [0.2, 0.25) is 5.95 Å². The summed E-state index contributed by atoms with van der Waals surface area (Å²) in [5.74, 6) is -1.34. The van der Waals surface area contributed by atoms with Crippen LogP contribution in [0.3, 0.4) is 0 Å². The van der Waals surface area contributed by atoms with Crippen molar-refractivity contribution in [3.63, 3.8) is 0 Å². The summed E-state index contributed by atoms with van der Waals surface area (Å²) < 4.78 is 40.8. The second-order valence-electron chi connectivity index (χ2n) is 8.93. The van der Waals surface area contributed by atoms with Crippen LogP contribution >= 0.6 is 12.2 Å². The fraction of sp³-hybridized carbons (Fsp3) is 0.522. The molecule has 1 saturated carbocycles. The van der Waals surface area contributed by atoms with Crippen LogP contribution in [0.4, 0.5) is 30.6 Å². The molecule has 2 aromatic rings. The highest BCUT2D eigenvalue weighted by atomic mass is 32.1. The number of halogens is 3. The van der Waals surface area contributed by atoms with Gasteiger partial charge in [0.15, 0.2) is 16.7 Å². The van der Waals surface area contributed by atoms with E-state index in [1.165, 1.54) is 12.0 Å². The van der Waals surface area contributed by atoms with Gasteiger partial charge in [0.1, 0.15) is 17.3 Å². The highest BCUT2D eigenvalue weighted by Gasteiger charge is 2.25. The maximum Gasteiger partial charge on any atom is 0.225 e. The van der Waals surface area contributed by atoms with Crippen LogP contribution in [0.2, 0.25) is 0 Å². The Labute approximate surface area is 197 Å². The summed E-state index contributed by atoms with van der Waals surface area (Å²) in [4.78, 5) is 11.6. The van der Waals surface area contributed by atoms with Crippen LogP contribution in [0.15, 0.2) is 12.1 Å². The van der Waals surface area contributed by atoms with E-state index < -0.39 is 23.1 Å². The van der Waals surface area contributed by atoms with Gasteiger partial charge in [-0.1, -0.05) is 0 Å². The Morgan fingerprint density at radius 3 is 2.27 bits per heavy atom. The summed E-state index contributed by atoms with van der Waals surface area (Å²) in [7, 11) is 4.02. The number of hydrogen-bond donors (Lipinski definition) is 3. The molecule has 0 bridgehead atoms. The molecule has 0 aliphatic heterocycles. The van der Waals surface area contributed by atoms with Crippen molar-refractivity contribution in [2.75, 3.05) is 29.6 Å². The number of aryl methyl sites for hydroxylation is 1. The predicted octanol–water partition coefficient (Wildman–Crippen LogP) is 4.55.